The van der Waals surface area contributed by atoms with Crippen molar-refractivity contribution < 1.29 is 0 Å². The zero-order chi connectivity index (χ0) is 8.49. The lowest BCUT2D eigenvalue weighted by Crippen LogP contribution is -1.47. The molecule has 6 N–H and O–H groups in total. The zero-order valence-electron chi connectivity index (χ0n) is 9.98. The highest BCUT2D eigenvalue weighted by Gasteiger charge is 1.58. The van der Waals surface area contributed by atoms with Crippen LogP contribution in [-0.2, 0) is 0 Å². The number of hydrogen-bond donors (Lipinski definition) is 2. The first-order valence-corrected chi connectivity index (χ1v) is 4.00. The Kier molecular flexibility index (Phi) is 60.0. The van der Waals surface area contributed by atoms with Gasteiger partial charge < -0.3 is 12.3 Å². The molecule has 0 heterocycles. The second kappa shape index (κ2) is 30.0. The van der Waals surface area contributed by atoms with Gasteiger partial charge in [0.05, 0.1) is 0 Å². The average Bonchev–Trinajstić information content (AvgIpc) is 2.24. The maximum Gasteiger partial charge on any atom is -0.0623 e. The van der Waals surface area contributed by atoms with E-state index in [0.29, 0.717) is 0 Å². The summed E-state index contributed by atoms with van der Waals surface area (Å²) in [6.07, 6.45) is 0. The normalized spacial score (nSPS) is 5.33. The van der Waals surface area contributed by atoms with E-state index in [9.17, 15) is 0 Å². The van der Waals surface area contributed by atoms with Gasteiger partial charge in [-0.05, 0) is 0 Å². The maximum atomic E-state index is 2.00. The smallest absolute Gasteiger partial charge is 0.0623 e. The molecule has 0 unspecified atom stereocenters. The van der Waals surface area contributed by atoms with Gasteiger partial charge in [0, 0.05) is 0 Å². The molecule has 0 atom stereocenters. The number of benzene rings is 2. The van der Waals surface area contributed by atoms with E-state index in [1.165, 1.54) is 0 Å². The van der Waals surface area contributed by atoms with Gasteiger partial charge in [0.2, 0.25) is 0 Å². The molecule has 2 rings (SSSR count). The molecule has 0 fully saturated rings. The van der Waals surface area contributed by atoms with Crippen LogP contribution in [0.15, 0.2) is 72.8 Å². The molecule has 108 valence electrons. The highest BCUT2D eigenvalue weighted by Crippen LogP contribution is 1.80. The Bertz CT molecular complexity index is 197. The second-order valence-corrected chi connectivity index (χ2v) is 2.31. The van der Waals surface area contributed by atoms with Gasteiger partial charge in [-0.3, -0.25) is 0 Å². The third kappa shape index (κ3) is 24.7. The summed E-state index contributed by atoms with van der Waals surface area (Å²) in [5.41, 5.74) is 0. The van der Waals surface area contributed by atoms with Gasteiger partial charge in [-0.25, -0.2) is 0 Å². The Morgan fingerprint density at radius 1 is 0.222 bits per heavy atom. The molecule has 2 aromatic carbocycles. The molecule has 0 spiro atoms. The molecular weight excluding hydrogens is 314 g/mol. The van der Waals surface area contributed by atoms with E-state index < -0.39 is 0 Å². The Morgan fingerprint density at radius 3 is 0.333 bits per heavy atom. The minimum absolute atomic E-state index is 0. The number of halogens is 4. The summed E-state index contributed by atoms with van der Waals surface area (Å²) in [7, 11) is 0. The predicted octanol–water partition coefficient (Wildman–Crippen LogP) is 5.38. The topological polar surface area (TPSA) is 70.0 Å². The molecule has 0 saturated heterocycles. The lowest BCUT2D eigenvalue weighted by Gasteiger charge is -1.69. The molecule has 0 aliphatic heterocycles. The fraction of sp³-hybridized carbons (Fsp3) is 0. The van der Waals surface area contributed by atoms with E-state index in [2.05, 4.69) is 0 Å². The molecular formula is C12H22Cl4N2. The van der Waals surface area contributed by atoms with Crippen molar-refractivity contribution in [1.82, 2.24) is 12.3 Å². The van der Waals surface area contributed by atoms with Crippen molar-refractivity contribution in [3.63, 3.8) is 0 Å². The first-order valence-electron chi connectivity index (χ1n) is 4.00. The Hall–Kier alpha value is -0.480. The molecule has 0 aliphatic rings. The second-order valence-electron chi connectivity index (χ2n) is 2.31. The van der Waals surface area contributed by atoms with Crippen molar-refractivity contribution in [2.24, 2.45) is 0 Å². The predicted molar refractivity (Wildman–Crippen MR) is 91.9 cm³/mol. The molecule has 2 aromatic rings. The van der Waals surface area contributed by atoms with Crippen molar-refractivity contribution in [3.8, 4) is 0 Å². The van der Waals surface area contributed by atoms with Crippen LogP contribution in [0, 0.1) is 0 Å². The molecule has 2 nitrogen and oxygen atoms in total. The monoisotopic (exact) mass is 334 g/mol. The molecule has 0 aliphatic carbocycles. The Labute approximate surface area is 134 Å². The summed E-state index contributed by atoms with van der Waals surface area (Å²) in [4.78, 5) is 0. The van der Waals surface area contributed by atoms with Crippen molar-refractivity contribution in [1.29, 1.82) is 0 Å². The highest BCUT2D eigenvalue weighted by molar-refractivity contribution is 5.86. The highest BCUT2D eigenvalue weighted by atomic mass is 35.5. The van der Waals surface area contributed by atoms with Crippen molar-refractivity contribution in [2.75, 3.05) is 0 Å². The van der Waals surface area contributed by atoms with Crippen LogP contribution in [0.2, 0.25) is 0 Å². The van der Waals surface area contributed by atoms with Crippen molar-refractivity contribution >= 4 is 49.6 Å². The molecule has 0 amide bonds. The van der Waals surface area contributed by atoms with Gasteiger partial charge in [-0.1, -0.05) is 72.8 Å². The van der Waals surface area contributed by atoms with Crippen LogP contribution < -0.4 is 12.3 Å². The van der Waals surface area contributed by atoms with Gasteiger partial charge in [0.1, 0.15) is 0 Å². The van der Waals surface area contributed by atoms with E-state index in [1.807, 2.05) is 72.8 Å². The molecule has 0 radical (unpaired) electrons. The van der Waals surface area contributed by atoms with Gasteiger partial charge >= 0.3 is 0 Å². The first kappa shape index (κ1) is 36.0. The molecule has 0 aromatic heterocycles. The third-order valence-corrected chi connectivity index (χ3v) is 1.33. The van der Waals surface area contributed by atoms with E-state index in [1.54, 1.807) is 0 Å². The van der Waals surface area contributed by atoms with Gasteiger partial charge in [-0.15, -0.1) is 49.6 Å². The lowest BCUT2D eigenvalue weighted by atomic mass is 10.4. The van der Waals surface area contributed by atoms with Crippen LogP contribution in [0.25, 0.3) is 0 Å². The van der Waals surface area contributed by atoms with Crippen LogP contribution in [0.4, 0.5) is 0 Å². The van der Waals surface area contributed by atoms with Crippen LogP contribution in [-0.4, -0.2) is 0 Å². The molecule has 18 heavy (non-hydrogen) atoms. The minimum Gasteiger partial charge on any atom is -0.344 e. The fourth-order valence-corrected chi connectivity index (χ4v) is 0.770. The number of hydrogen-bond acceptors (Lipinski definition) is 2. The van der Waals surface area contributed by atoms with Crippen molar-refractivity contribution in [3.05, 3.63) is 72.8 Å². The lowest BCUT2D eigenvalue weighted by molar-refractivity contribution is 1.72. The quantitative estimate of drug-likeness (QED) is 0.678. The largest absolute Gasteiger partial charge is 0.344 e. The standard InChI is InChI=1S/2C6H6.4ClH.2H3N/c2*1-2-4-6-5-3-1;;;;;;/h2*1-6H;4*1H;2*1H3. The summed E-state index contributed by atoms with van der Waals surface area (Å²) in [6, 6.07) is 24.0. The van der Waals surface area contributed by atoms with E-state index in [4.69, 9.17) is 0 Å². The van der Waals surface area contributed by atoms with E-state index in [0.717, 1.165) is 0 Å². The molecule has 6 heteroatoms. The van der Waals surface area contributed by atoms with Crippen LogP contribution in [0.3, 0.4) is 0 Å². The maximum absolute atomic E-state index is 2.00. The first-order chi connectivity index (χ1) is 6.00. The van der Waals surface area contributed by atoms with Gasteiger partial charge in [-0.2, -0.15) is 0 Å². The summed E-state index contributed by atoms with van der Waals surface area (Å²) >= 11 is 0. The minimum atomic E-state index is 0. The van der Waals surface area contributed by atoms with Gasteiger partial charge in [0.15, 0.2) is 0 Å². The van der Waals surface area contributed by atoms with Crippen molar-refractivity contribution in [2.45, 2.75) is 0 Å². The van der Waals surface area contributed by atoms with E-state index in [-0.39, 0.29) is 61.9 Å². The number of rotatable bonds is 0. The summed E-state index contributed by atoms with van der Waals surface area (Å²) in [5.74, 6) is 0. The Balaban J connectivity index is -0.0000000300. The average molecular weight is 336 g/mol. The molecule has 0 saturated carbocycles. The SMILES string of the molecule is Cl.Cl.Cl.Cl.N.N.c1ccccc1.c1ccccc1. The fourth-order valence-electron chi connectivity index (χ4n) is 0.770. The van der Waals surface area contributed by atoms with Crippen LogP contribution >= 0.6 is 49.6 Å². The summed E-state index contributed by atoms with van der Waals surface area (Å²) in [5, 5.41) is 0. The summed E-state index contributed by atoms with van der Waals surface area (Å²) < 4.78 is 0. The summed E-state index contributed by atoms with van der Waals surface area (Å²) in [6.45, 7) is 0. The van der Waals surface area contributed by atoms with Crippen LogP contribution in [0.5, 0.6) is 0 Å². The molecule has 0 bridgehead atoms. The van der Waals surface area contributed by atoms with Gasteiger partial charge in [0.25, 0.3) is 0 Å². The zero-order valence-corrected chi connectivity index (χ0v) is 13.2. The third-order valence-electron chi connectivity index (χ3n) is 1.33. The van der Waals surface area contributed by atoms with E-state index >= 15 is 0 Å². The Morgan fingerprint density at radius 2 is 0.278 bits per heavy atom. The van der Waals surface area contributed by atoms with Crippen LogP contribution in [0.1, 0.15) is 0 Å².